The zero-order valence-electron chi connectivity index (χ0n) is 10.7. The maximum absolute atomic E-state index is 5.66. The van der Waals surface area contributed by atoms with E-state index in [9.17, 15) is 0 Å². The summed E-state index contributed by atoms with van der Waals surface area (Å²) in [7, 11) is 0. The van der Waals surface area contributed by atoms with Gasteiger partial charge in [-0.3, -0.25) is 0 Å². The fraction of sp³-hybridized carbons (Fsp3) is 0.615. The number of nitrogens with zero attached hydrogens (tertiary/aromatic N) is 2. The lowest BCUT2D eigenvalue weighted by molar-refractivity contribution is 0.502. The van der Waals surface area contributed by atoms with Crippen LogP contribution in [0.2, 0.25) is 0 Å². The third-order valence-electron chi connectivity index (χ3n) is 3.53. The molecule has 2 atom stereocenters. The molecule has 98 valence electrons. The SMILES string of the molecule is CC1CCCC(Nc2nccnc2C(N)=S)CC1. The third kappa shape index (κ3) is 3.38. The Morgan fingerprint density at radius 2 is 2.06 bits per heavy atom. The zero-order chi connectivity index (χ0) is 13.0. The highest BCUT2D eigenvalue weighted by Crippen LogP contribution is 2.25. The topological polar surface area (TPSA) is 63.8 Å². The van der Waals surface area contributed by atoms with Crippen molar-refractivity contribution in [1.82, 2.24) is 9.97 Å². The Labute approximate surface area is 113 Å². The van der Waals surface area contributed by atoms with E-state index in [0.717, 1.165) is 11.7 Å². The summed E-state index contributed by atoms with van der Waals surface area (Å²) < 4.78 is 0. The summed E-state index contributed by atoms with van der Waals surface area (Å²) in [5.41, 5.74) is 6.26. The van der Waals surface area contributed by atoms with Gasteiger partial charge in [-0.15, -0.1) is 0 Å². The van der Waals surface area contributed by atoms with Gasteiger partial charge in [0.15, 0.2) is 5.82 Å². The molecule has 1 heterocycles. The van der Waals surface area contributed by atoms with Gasteiger partial charge in [-0.1, -0.05) is 32.0 Å². The molecule has 0 radical (unpaired) electrons. The Hall–Kier alpha value is -1.23. The normalized spacial score (nSPS) is 24.3. The minimum absolute atomic E-state index is 0.299. The van der Waals surface area contributed by atoms with Crippen molar-refractivity contribution in [3.05, 3.63) is 18.1 Å². The highest BCUT2D eigenvalue weighted by Gasteiger charge is 2.18. The Bertz CT molecular complexity index is 421. The highest BCUT2D eigenvalue weighted by molar-refractivity contribution is 7.80. The first-order valence-corrected chi connectivity index (χ1v) is 6.95. The van der Waals surface area contributed by atoms with Crippen molar-refractivity contribution in [2.24, 2.45) is 11.7 Å². The second-order valence-electron chi connectivity index (χ2n) is 5.07. The van der Waals surface area contributed by atoms with Gasteiger partial charge < -0.3 is 11.1 Å². The van der Waals surface area contributed by atoms with Gasteiger partial charge in [0, 0.05) is 18.4 Å². The van der Waals surface area contributed by atoms with Gasteiger partial charge in [-0.25, -0.2) is 9.97 Å². The van der Waals surface area contributed by atoms with E-state index in [-0.39, 0.29) is 0 Å². The molecule has 18 heavy (non-hydrogen) atoms. The highest BCUT2D eigenvalue weighted by atomic mass is 32.1. The van der Waals surface area contributed by atoms with Crippen LogP contribution < -0.4 is 11.1 Å². The summed E-state index contributed by atoms with van der Waals surface area (Å²) in [6.07, 6.45) is 9.49. The van der Waals surface area contributed by atoms with E-state index in [2.05, 4.69) is 22.2 Å². The summed E-state index contributed by atoms with van der Waals surface area (Å²) in [5, 5.41) is 3.45. The Kier molecular flexibility index (Phi) is 4.47. The van der Waals surface area contributed by atoms with Crippen molar-refractivity contribution in [3.8, 4) is 0 Å². The second-order valence-corrected chi connectivity index (χ2v) is 5.51. The van der Waals surface area contributed by atoms with Gasteiger partial charge in [0.25, 0.3) is 0 Å². The maximum atomic E-state index is 5.66. The maximum Gasteiger partial charge on any atom is 0.155 e. The van der Waals surface area contributed by atoms with Crippen molar-refractivity contribution in [1.29, 1.82) is 0 Å². The molecule has 5 heteroatoms. The van der Waals surface area contributed by atoms with Gasteiger partial charge in [0.2, 0.25) is 0 Å². The number of hydrogen-bond donors (Lipinski definition) is 2. The average molecular weight is 264 g/mol. The van der Waals surface area contributed by atoms with Crippen LogP contribution in [0.1, 0.15) is 44.7 Å². The van der Waals surface area contributed by atoms with E-state index in [1.54, 1.807) is 12.4 Å². The van der Waals surface area contributed by atoms with E-state index in [1.807, 2.05) is 0 Å². The Morgan fingerprint density at radius 3 is 2.83 bits per heavy atom. The number of thiocarbonyl (C=S) groups is 1. The van der Waals surface area contributed by atoms with E-state index < -0.39 is 0 Å². The van der Waals surface area contributed by atoms with Gasteiger partial charge in [0.05, 0.1) is 0 Å². The number of rotatable bonds is 3. The Morgan fingerprint density at radius 1 is 1.28 bits per heavy atom. The molecule has 0 amide bonds. The van der Waals surface area contributed by atoms with Crippen LogP contribution >= 0.6 is 12.2 Å². The molecule has 1 aromatic rings. The summed E-state index contributed by atoms with van der Waals surface area (Å²) >= 11 is 5.00. The monoisotopic (exact) mass is 264 g/mol. The predicted octanol–water partition coefficient (Wildman–Crippen LogP) is 2.49. The van der Waals surface area contributed by atoms with Crippen molar-refractivity contribution in [3.63, 3.8) is 0 Å². The predicted molar refractivity (Wildman–Crippen MR) is 77.6 cm³/mol. The molecule has 1 aliphatic carbocycles. The second kappa shape index (κ2) is 6.09. The average Bonchev–Trinajstić information content (AvgIpc) is 2.55. The lowest BCUT2D eigenvalue weighted by Gasteiger charge is -2.18. The molecule has 1 fully saturated rings. The molecule has 2 rings (SSSR count). The van der Waals surface area contributed by atoms with Crippen molar-refractivity contribution >= 4 is 23.0 Å². The van der Waals surface area contributed by atoms with Gasteiger partial charge in [-0.05, 0) is 25.2 Å². The Balaban J connectivity index is 2.06. The number of nitrogens with two attached hydrogens (primary N) is 1. The molecular formula is C13H20N4S. The zero-order valence-corrected chi connectivity index (χ0v) is 11.5. The first-order chi connectivity index (χ1) is 8.66. The molecule has 0 aromatic carbocycles. The van der Waals surface area contributed by atoms with Crippen LogP contribution in [0.15, 0.2) is 12.4 Å². The van der Waals surface area contributed by atoms with E-state index in [1.165, 1.54) is 32.1 Å². The summed E-state index contributed by atoms with van der Waals surface area (Å²) in [6.45, 7) is 2.32. The molecule has 1 aromatic heterocycles. The molecule has 1 saturated carbocycles. The molecule has 0 bridgehead atoms. The standard InChI is InChI=1S/C13H20N4S/c1-9-3-2-4-10(6-5-9)17-13-11(12(14)18)15-7-8-16-13/h7-10H,2-6H2,1H3,(H2,14,18)(H,16,17). The van der Waals surface area contributed by atoms with Gasteiger partial charge in [0.1, 0.15) is 10.7 Å². The van der Waals surface area contributed by atoms with Crippen LogP contribution in [-0.4, -0.2) is 21.0 Å². The van der Waals surface area contributed by atoms with Gasteiger partial charge in [-0.2, -0.15) is 0 Å². The molecule has 1 aliphatic rings. The van der Waals surface area contributed by atoms with Crippen LogP contribution in [0.25, 0.3) is 0 Å². The molecular weight excluding hydrogens is 244 g/mol. The molecule has 0 aliphatic heterocycles. The van der Waals surface area contributed by atoms with Crippen LogP contribution in [0, 0.1) is 5.92 Å². The first kappa shape index (κ1) is 13.2. The number of hydrogen-bond acceptors (Lipinski definition) is 4. The smallest absolute Gasteiger partial charge is 0.155 e. The summed E-state index contributed by atoms with van der Waals surface area (Å²) in [6, 6.07) is 0.458. The van der Waals surface area contributed by atoms with Crippen molar-refractivity contribution in [2.45, 2.75) is 45.1 Å². The number of aromatic nitrogens is 2. The molecule has 4 nitrogen and oxygen atoms in total. The minimum atomic E-state index is 0.299. The van der Waals surface area contributed by atoms with Crippen LogP contribution in [0.4, 0.5) is 5.82 Å². The third-order valence-corrected chi connectivity index (χ3v) is 3.72. The molecule has 3 N–H and O–H groups in total. The van der Waals surface area contributed by atoms with Crippen LogP contribution in [0.5, 0.6) is 0 Å². The quantitative estimate of drug-likeness (QED) is 0.648. The van der Waals surface area contributed by atoms with E-state index in [4.69, 9.17) is 18.0 Å². The fourth-order valence-corrected chi connectivity index (χ4v) is 2.60. The van der Waals surface area contributed by atoms with Crippen LogP contribution in [0.3, 0.4) is 0 Å². The lowest BCUT2D eigenvalue weighted by Crippen LogP contribution is -2.23. The van der Waals surface area contributed by atoms with E-state index in [0.29, 0.717) is 16.7 Å². The largest absolute Gasteiger partial charge is 0.388 e. The molecule has 2 unspecified atom stereocenters. The van der Waals surface area contributed by atoms with Crippen molar-refractivity contribution in [2.75, 3.05) is 5.32 Å². The summed E-state index contributed by atoms with van der Waals surface area (Å²) in [4.78, 5) is 8.79. The fourth-order valence-electron chi connectivity index (χ4n) is 2.45. The summed E-state index contributed by atoms with van der Waals surface area (Å²) in [5.74, 6) is 1.55. The molecule has 0 spiro atoms. The van der Waals surface area contributed by atoms with E-state index >= 15 is 0 Å². The minimum Gasteiger partial charge on any atom is -0.388 e. The lowest BCUT2D eigenvalue weighted by atomic mass is 10.0. The molecule has 0 saturated heterocycles. The number of nitrogens with one attached hydrogen (secondary N) is 1. The number of anilines is 1. The van der Waals surface area contributed by atoms with Gasteiger partial charge >= 0.3 is 0 Å². The first-order valence-electron chi connectivity index (χ1n) is 6.54. The van der Waals surface area contributed by atoms with Crippen LogP contribution in [-0.2, 0) is 0 Å². The van der Waals surface area contributed by atoms with Crippen molar-refractivity contribution < 1.29 is 0 Å².